The van der Waals surface area contributed by atoms with Gasteiger partial charge in [-0.15, -0.1) is 11.8 Å². The summed E-state index contributed by atoms with van der Waals surface area (Å²) >= 11 is 1.46. The highest BCUT2D eigenvalue weighted by molar-refractivity contribution is 8.05. The maximum Gasteiger partial charge on any atom is 0.265 e. The molecule has 3 heterocycles. The minimum Gasteiger partial charge on any atom is -0.294 e. The van der Waals surface area contributed by atoms with E-state index in [0.717, 1.165) is 9.87 Å². The van der Waals surface area contributed by atoms with E-state index >= 15 is 0 Å². The molecule has 1 aliphatic carbocycles. The molecule has 5 rings (SSSR count). The van der Waals surface area contributed by atoms with Gasteiger partial charge in [-0.05, 0) is 23.5 Å². The van der Waals surface area contributed by atoms with Crippen molar-refractivity contribution in [3.63, 3.8) is 0 Å². The van der Waals surface area contributed by atoms with Crippen LogP contribution in [0.15, 0.2) is 35.7 Å². The Morgan fingerprint density at radius 3 is 2.73 bits per heavy atom. The number of anilines is 1. The first kappa shape index (κ1) is 16.4. The third kappa shape index (κ3) is 1.31. The summed E-state index contributed by atoms with van der Waals surface area (Å²) in [6.07, 6.45) is 2.19. The van der Waals surface area contributed by atoms with Gasteiger partial charge in [-0.3, -0.25) is 14.5 Å². The van der Waals surface area contributed by atoms with Crippen LogP contribution in [0, 0.1) is 0 Å². The summed E-state index contributed by atoms with van der Waals surface area (Å²) < 4.78 is 26.7. The first-order valence-electron chi connectivity index (χ1n) is 8.67. The molecule has 0 bridgehead atoms. The van der Waals surface area contributed by atoms with Gasteiger partial charge >= 0.3 is 0 Å². The van der Waals surface area contributed by atoms with E-state index in [1.54, 1.807) is 11.5 Å². The first-order valence-corrected chi connectivity index (χ1v) is 11.0. The van der Waals surface area contributed by atoms with Crippen molar-refractivity contribution < 1.29 is 18.0 Å². The van der Waals surface area contributed by atoms with Crippen LogP contribution in [0.4, 0.5) is 5.69 Å². The van der Waals surface area contributed by atoms with E-state index in [1.807, 2.05) is 31.2 Å². The van der Waals surface area contributed by atoms with Crippen molar-refractivity contribution in [2.75, 3.05) is 11.4 Å². The van der Waals surface area contributed by atoms with Crippen LogP contribution in [0.5, 0.6) is 0 Å². The van der Waals surface area contributed by atoms with Gasteiger partial charge in [0.1, 0.15) is 0 Å². The van der Waals surface area contributed by atoms with Gasteiger partial charge in [0.25, 0.3) is 15.9 Å². The number of fused-ring (bicyclic) bond motifs is 3. The predicted molar refractivity (Wildman–Crippen MR) is 99.2 cm³/mol. The maximum atomic E-state index is 13.6. The van der Waals surface area contributed by atoms with E-state index in [1.165, 1.54) is 23.6 Å². The van der Waals surface area contributed by atoms with Crippen LogP contribution in [-0.4, -0.2) is 46.6 Å². The van der Waals surface area contributed by atoms with Crippen LogP contribution >= 0.6 is 11.8 Å². The van der Waals surface area contributed by atoms with Gasteiger partial charge in [-0.1, -0.05) is 31.2 Å². The second-order valence-corrected chi connectivity index (χ2v) is 10.3. The molecule has 8 heteroatoms. The Bertz CT molecular complexity index is 1000. The predicted octanol–water partition coefficient (Wildman–Crippen LogP) is 1.84. The van der Waals surface area contributed by atoms with Crippen molar-refractivity contribution in [3.05, 3.63) is 41.3 Å². The fraction of sp³-hybridized carbons (Fsp3) is 0.444. The summed E-state index contributed by atoms with van der Waals surface area (Å²) in [7, 11) is -3.90. The number of carbonyl (C=O) groups is 2. The van der Waals surface area contributed by atoms with E-state index in [4.69, 9.17) is 0 Å². The zero-order valence-corrected chi connectivity index (χ0v) is 16.0. The van der Waals surface area contributed by atoms with Crippen molar-refractivity contribution in [1.29, 1.82) is 0 Å². The number of benzene rings is 1. The molecule has 2 fully saturated rings. The number of para-hydroxylation sites is 1. The number of nitrogens with zero attached hydrogens (tertiary/aromatic N) is 2. The summed E-state index contributed by atoms with van der Waals surface area (Å²) in [6, 6.07) is 7.42. The molecule has 4 aliphatic rings. The van der Waals surface area contributed by atoms with Crippen LogP contribution in [0.25, 0.3) is 0 Å². The van der Waals surface area contributed by atoms with Crippen LogP contribution in [0.2, 0.25) is 0 Å². The van der Waals surface area contributed by atoms with Crippen molar-refractivity contribution in [2.24, 2.45) is 0 Å². The van der Waals surface area contributed by atoms with Crippen molar-refractivity contribution in [2.45, 2.75) is 41.7 Å². The van der Waals surface area contributed by atoms with Crippen molar-refractivity contribution in [1.82, 2.24) is 4.31 Å². The highest BCUT2D eigenvalue weighted by Gasteiger charge is 2.91. The Morgan fingerprint density at radius 1 is 1.31 bits per heavy atom. The van der Waals surface area contributed by atoms with E-state index in [9.17, 15) is 18.0 Å². The summed E-state index contributed by atoms with van der Waals surface area (Å²) in [4.78, 5) is 27.7. The molecular weight excluding hydrogens is 372 g/mol. The van der Waals surface area contributed by atoms with Gasteiger partial charge in [0.15, 0.2) is 10.3 Å². The number of hydrogen-bond acceptors (Lipinski definition) is 5. The lowest BCUT2D eigenvalue weighted by molar-refractivity contribution is -0.136. The molecule has 1 aromatic rings. The molecule has 3 aliphatic heterocycles. The minimum absolute atomic E-state index is 0.144. The molecule has 4 atom stereocenters. The average Bonchev–Trinajstić information content (AvgIpc) is 3.12. The third-order valence-electron chi connectivity index (χ3n) is 6.19. The second-order valence-electron chi connectivity index (χ2n) is 7.19. The van der Waals surface area contributed by atoms with Gasteiger partial charge in [-0.2, -0.15) is 0 Å². The summed E-state index contributed by atoms with van der Waals surface area (Å²) in [5.74, 6) is -1.07. The topological polar surface area (TPSA) is 74.8 Å². The lowest BCUT2D eigenvalue weighted by Gasteiger charge is -2.57. The SMILES string of the molecule is CCCN1C(=O)C23C(c4ccccc4N2C(C)=O)C2SC=CC23S1(=O)=O. The molecule has 1 saturated heterocycles. The lowest BCUT2D eigenvalue weighted by atomic mass is 9.56. The number of sulfonamides is 1. The Kier molecular flexibility index (Phi) is 2.98. The zero-order valence-electron chi connectivity index (χ0n) is 14.4. The Balaban J connectivity index is 1.86. The molecule has 1 aromatic carbocycles. The first-order chi connectivity index (χ1) is 12.4. The number of thioether (sulfide) groups is 1. The largest absolute Gasteiger partial charge is 0.294 e. The fourth-order valence-corrected chi connectivity index (χ4v) is 10.0. The standard InChI is InChI=1S/C18H18N2O4S2/c1-3-9-19-16(22)18-14(15-17(18,8-10-25-15)26(19,23)24)12-6-4-5-7-13(12)20(18)11(2)21/h4-8,10,14-15H,3,9H2,1-2H3. The molecule has 2 spiro atoms. The van der Waals surface area contributed by atoms with E-state index in [-0.39, 0.29) is 23.6 Å². The molecule has 0 radical (unpaired) electrons. The summed E-state index contributed by atoms with van der Waals surface area (Å²) in [6.45, 7) is 3.40. The number of amides is 2. The zero-order chi connectivity index (χ0) is 18.5. The Hall–Kier alpha value is -1.80. The van der Waals surface area contributed by atoms with Crippen molar-refractivity contribution >= 4 is 39.3 Å². The molecule has 26 heavy (non-hydrogen) atoms. The molecule has 4 unspecified atom stereocenters. The average molecular weight is 390 g/mol. The normalized spacial score (nSPS) is 37.8. The Morgan fingerprint density at radius 2 is 2.04 bits per heavy atom. The fourth-order valence-electron chi connectivity index (χ4n) is 5.45. The van der Waals surface area contributed by atoms with Gasteiger partial charge in [0.2, 0.25) is 5.91 Å². The molecule has 6 nitrogen and oxygen atoms in total. The molecule has 0 N–H and O–H groups in total. The molecular formula is C18H18N2O4S2. The number of carbonyl (C=O) groups excluding carboxylic acids is 2. The van der Waals surface area contributed by atoms with Crippen LogP contribution in [-0.2, 0) is 19.6 Å². The van der Waals surface area contributed by atoms with Crippen LogP contribution in [0.1, 0.15) is 31.7 Å². The van der Waals surface area contributed by atoms with Crippen LogP contribution < -0.4 is 4.90 Å². The highest BCUT2D eigenvalue weighted by Crippen LogP contribution is 2.75. The van der Waals surface area contributed by atoms with Gasteiger partial charge in [0, 0.05) is 30.3 Å². The molecule has 136 valence electrons. The smallest absolute Gasteiger partial charge is 0.265 e. The quantitative estimate of drug-likeness (QED) is 0.770. The molecule has 1 saturated carbocycles. The van der Waals surface area contributed by atoms with E-state index in [0.29, 0.717) is 12.1 Å². The van der Waals surface area contributed by atoms with E-state index in [2.05, 4.69) is 0 Å². The molecule has 0 aromatic heterocycles. The molecule has 2 amide bonds. The van der Waals surface area contributed by atoms with Gasteiger partial charge in [0.05, 0.1) is 0 Å². The Labute approximate surface area is 156 Å². The van der Waals surface area contributed by atoms with Gasteiger partial charge in [-0.25, -0.2) is 12.7 Å². The number of rotatable bonds is 2. The maximum absolute atomic E-state index is 13.6. The minimum atomic E-state index is -3.90. The lowest BCUT2D eigenvalue weighted by Crippen LogP contribution is -2.80. The third-order valence-corrected chi connectivity index (χ3v) is 10.1. The summed E-state index contributed by atoms with van der Waals surface area (Å²) in [5.41, 5.74) is 0.164. The second kappa shape index (κ2) is 4.72. The highest BCUT2D eigenvalue weighted by atomic mass is 32.2. The van der Waals surface area contributed by atoms with Crippen molar-refractivity contribution in [3.8, 4) is 0 Å². The summed E-state index contributed by atoms with van der Waals surface area (Å²) in [5, 5.41) is 1.50. The number of hydrogen-bond donors (Lipinski definition) is 0. The van der Waals surface area contributed by atoms with Crippen LogP contribution in [0.3, 0.4) is 0 Å². The monoisotopic (exact) mass is 390 g/mol. The van der Waals surface area contributed by atoms with E-state index < -0.39 is 26.2 Å². The van der Waals surface area contributed by atoms with Gasteiger partial charge < -0.3 is 0 Å².